The molecule has 1 atom stereocenters. The van der Waals surface area contributed by atoms with E-state index < -0.39 is 23.5 Å². The molecule has 2 nitrogen and oxygen atoms in total. The van der Waals surface area contributed by atoms with Crippen molar-refractivity contribution in [2.45, 2.75) is 18.2 Å². The first-order chi connectivity index (χ1) is 7.51. The molecule has 5 heteroatoms. The average molecular weight is 293 g/mol. The van der Waals surface area contributed by atoms with Gasteiger partial charge in [0.15, 0.2) is 0 Å². The third-order valence-corrected chi connectivity index (χ3v) is 2.94. The monoisotopic (exact) mass is 292 g/mol. The van der Waals surface area contributed by atoms with Crippen LogP contribution in [0.1, 0.15) is 24.0 Å². The third kappa shape index (κ3) is 2.58. The van der Waals surface area contributed by atoms with Gasteiger partial charge in [0.2, 0.25) is 0 Å². The fourth-order valence-corrected chi connectivity index (χ4v) is 1.77. The summed E-state index contributed by atoms with van der Waals surface area (Å²) in [6.45, 7) is 1.47. The standard InChI is InChI=1S/C11H11BrF2O2/c1-6(11(15)16-2)8-4-9(13)7(5-12)3-10(8)14/h3-4,6H,5H2,1-2H3/t6-/m0/s1. The number of ether oxygens (including phenoxy) is 1. The van der Waals surface area contributed by atoms with Crippen LogP contribution >= 0.6 is 15.9 Å². The number of carbonyl (C=O) groups excluding carboxylic acids is 1. The maximum absolute atomic E-state index is 13.6. The zero-order valence-electron chi connectivity index (χ0n) is 8.89. The molecule has 0 aromatic heterocycles. The fourth-order valence-electron chi connectivity index (χ4n) is 1.34. The Kier molecular flexibility index (Phi) is 4.41. The largest absolute Gasteiger partial charge is 0.469 e. The molecule has 1 aromatic rings. The van der Waals surface area contributed by atoms with Crippen LogP contribution in [0.25, 0.3) is 0 Å². The SMILES string of the molecule is COC(=O)[C@@H](C)c1cc(F)c(CBr)cc1F. The van der Waals surface area contributed by atoms with Crippen LogP contribution in [0.5, 0.6) is 0 Å². The molecular weight excluding hydrogens is 282 g/mol. The molecule has 1 rings (SSSR count). The molecule has 0 saturated carbocycles. The number of benzene rings is 1. The lowest BCUT2D eigenvalue weighted by Crippen LogP contribution is -2.13. The average Bonchev–Trinajstić information content (AvgIpc) is 2.29. The predicted octanol–water partition coefficient (Wildman–Crippen LogP) is 3.14. The Morgan fingerprint density at radius 3 is 2.56 bits per heavy atom. The molecule has 0 fully saturated rings. The number of alkyl halides is 1. The van der Waals surface area contributed by atoms with Crippen molar-refractivity contribution in [2.24, 2.45) is 0 Å². The number of hydrogen-bond acceptors (Lipinski definition) is 2. The van der Waals surface area contributed by atoms with Crippen molar-refractivity contribution in [3.05, 3.63) is 34.9 Å². The van der Waals surface area contributed by atoms with Crippen molar-refractivity contribution >= 4 is 21.9 Å². The van der Waals surface area contributed by atoms with Gasteiger partial charge in [0.25, 0.3) is 0 Å². The zero-order chi connectivity index (χ0) is 12.3. The molecule has 0 N–H and O–H groups in total. The van der Waals surface area contributed by atoms with Gasteiger partial charge < -0.3 is 4.74 Å². The summed E-state index contributed by atoms with van der Waals surface area (Å²) in [6, 6.07) is 2.12. The van der Waals surface area contributed by atoms with E-state index in [-0.39, 0.29) is 16.5 Å². The topological polar surface area (TPSA) is 26.3 Å². The molecule has 0 unspecified atom stereocenters. The molecule has 1 aromatic carbocycles. The van der Waals surface area contributed by atoms with E-state index in [0.717, 1.165) is 12.1 Å². The second-order valence-electron chi connectivity index (χ2n) is 3.34. The summed E-state index contributed by atoms with van der Waals surface area (Å²) in [5, 5.41) is 0.225. The number of rotatable bonds is 3. The lowest BCUT2D eigenvalue weighted by molar-refractivity contribution is -0.142. The first kappa shape index (κ1) is 13.1. The highest BCUT2D eigenvalue weighted by Gasteiger charge is 2.21. The van der Waals surface area contributed by atoms with E-state index in [4.69, 9.17) is 0 Å². The lowest BCUT2D eigenvalue weighted by atomic mass is 9.99. The molecule has 16 heavy (non-hydrogen) atoms. The smallest absolute Gasteiger partial charge is 0.312 e. The van der Waals surface area contributed by atoms with Gasteiger partial charge in [-0.1, -0.05) is 15.9 Å². The van der Waals surface area contributed by atoms with Crippen LogP contribution in [0.4, 0.5) is 8.78 Å². The fraction of sp³-hybridized carbons (Fsp3) is 0.364. The quantitative estimate of drug-likeness (QED) is 0.632. The van der Waals surface area contributed by atoms with E-state index in [0.29, 0.717) is 0 Å². The molecule has 88 valence electrons. The van der Waals surface area contributed by atoms with E-state index in [9.17, 15) is 13.6 Å². The summed E-state index contributed by atoms with van der Waals surface area (Å²) in [7, 11) is 1.21. The van der Waals surface area contributed by atoms with Crippen LogP contribution in [0.15, 0.2) is 12.1 Å². The van der Waals surface area contributed by atoms with Gasteiger partial charge in [-0.15, -0.1) is 0 Å². The first-order valence-corrected chi connectivity index (χ1v) is 5.75. The molecule has 0 bridgehead atoms. The molecule has 0 aliphatic heterocycles. The highest BCUT2D eigenvalue weighted by molar-refractivity contribution is 9.08. The second-order valence-corrected chi connectivity index (χ2v) is 3.90. The second kappa shape index (κ2) is 5.39. The van der Waals surface area contributed by atoms with E-state index in [1.165, 1.54) is 14.0 Å². The van der Waals surface area contributed by atoms with Crippen LogP contribution in [-0.4, -0.2) is 13.1 Å². The number of halogens is 3. The van der Waals surface area contributed by atoms with Crippen molar-refractivity contribution in [3.8, 4) is 0 Å². The van der Waals surface area contributed by atoms with Crippen LogP contribution in [0.3, 0.4) is 0 Å². The summed E-state index contributed by atoms with van der Waals surface area (Å²) in [4.78, 5) is 11.2. The lowest BCUT2D eigenvalue weighted by Gasteiger charge is -2.11. The van der Waals surface area contributed by atoms with Gasteiger partial charge in [-0.25, -0.2) is 8.78 Å². The van der Waals surface area contributed by atoms with Crippen LogP contribution < -0.4 is 0 Å². The molecule has 0 saturated heterocycles. The van der Waals surface area contributed by atoms with Crippen molar-refractivity contribution < 1.29 is 18.3 Å². The minimum atomic E-state index is -0.816. The highest BCUT2D eigenvalue weighted by Crippen LogP contribution is 2.24. The Morgan fingerprint density at radius 1 is 1.44 bits per heavy atom. The van der Waals surface area contributed by atoms with Gasteiger partial charge in [0.1, 0.15) is 11.6 Å². The summed E-state index contributed by atoms with van der Waals surface area (Å²) in [6.07, 6.45) is 0. The Hall–Kier alpha value is -0.970. The number of carbonyl (C=O) groups is 1. The summed E-state index contributed by atoms with van der Waals surface area (Å²) >= 11 is 3.05. The van der Waals surface area contributed by atoms with Gasteiger partial charge >= 0.3 is 5.97 Å². The third-order valence-electron chi connectivity index (χ3n) is 2.33. The predicted molar refractivity (Wildman–Crippen MR) is 59.4 cm³/mol. The van der Waals surface area contributed by atoms with E-state index in [2.05, 4.69) is 20.7 Å². The van der Waals surface area contributed by atoms with E-state index in [1.54, 1.807) is 0 Å². The summed E-state index contributed by atoms with van der Waals surface area (Å²) < 4.78 is 31.5. The normalized spacial score (nSPS) is 12.3. The molecule has 0 heterocycles. The van der Waals surface area contributed by atoms with E-state index in [1.807, 2.05) is 0 Å². The molecule has 0 amide bonds. The highest BCUT2D eigenvalue weighted by atomic mass is 79.9. The van der Waals surface area contributed by atoms with Gasteiger partial charge in [-0.2, -0.15) is 0 Å². The van der Waals surface area contributed by atoms with Gasteiger partial charge in [0, 0.05) is 16.5 Å². The van der Waals surface area contributed by atoms with Crippen LogP contribution in [0, 0.1) is 11.6 Å². The summed E-state index contributed by atoms with van der Waals surface area (Å²) in [5.41, 5.74) is 0.229. The maximum Gasteiger partial charge on any atom is 0.312 e. The Morgan fingerprint density at radius 2 is 2.06 bits per heavy atom. The zero-order valence-corrected chi connectivity index (χ0v) is 10.5. The van der Waals surface area contributed by atoms with Gasteiger partial charge in [-0.3, -0.25) is 4.79 Å². The van der Waals surface area contributed by atoms with Crippen molar-refractivity contribution in [1.82, 2.24) is 0 Å². The molecule has 0 spiro atoms. The minimum Gasteiger partial charge on any atom is -0.469 e. The van der Waals surface area contributed by atoms with Crippen LogP contribution in [-0.2, 0) is 14.9 Å². The Balaban J connectivity index is 3.15. The molecule has 0 aliphatic rings. The minimum absolute atomic E-state index is 0.00838. The molecular formula is C11H11BrF2O2. The number of methoxy groups -OCH3 is 1. The molecule has 0 aliphatic carbocycles. The number of hydrogen-bond donors (Lipinski definition) is 0. The van der Waals surface area contributed by atoms with Gasteiger partial charge in [-0.05, 0) is 19.1 Å². The van der Waals surface area contributed by atoms with Crippen LogP contribution in [0.2, 0.25) is 0 Å². The van der Waals surface area contributed by atoms with Crippen molar-refractivity contribution in [1.29, 1.82) is 0 Å². The van der Waals surface area contributed by atoms with Gasteiger partial charge in [0.05, 0.1) is 13.0 Å². The van der Waals surface area contributed by atoms with Crippen molar-refractivity contribution in [3.63, 3.8) is 0 Å². The maximum atomic E-state index is 13.6. The Labute approximate surface area is 101 Å². The number of esters is 1. The van der Waals surface area contributed by atoms with E-state index >= 15 is 0 Å². The summed E-state index contributed by atoms with van der Waals surface area (Å²) in [5.74, 6) is -2.55. The first-order valence-electron chi connectivity index (χ1n) is 4.62. The molecule has 0 radical (unpaired) electrons. The van der Waals surface area contributed by atoms with Crippen molar-refractivity contribution in [2.75, 3.05) is 7.11 Å². The Bertz CT molecular complexity index is 407.